The number of carbonyl (C=O) groups excluding carboxylic acids is 1. The molecule has 5 heteroatoms. The van der Waals surface area contributed by atoms with Crippen molar-refractivity contribution >= 4 is 5.91 Å². The van der Waals surface area contributed by atoms with Gasteiger partial charge in [0.15, 0.2) is 0 Å². The highest BCUT2D eigenvalue weighted by Gasteiger charge is 2.26. The third kappa shape index (κ3) is 4.65. The van der Waals surface area contributed by atoms with Gasteiger partial charge in [-0.15, -0.1) is 0 Å². The molecule has 0 bridgehead atoms. The predicted molar refractivity (Wildman–Crippen MR) is 99.4 cm³/mol. The third-order valence-electron chi connectivity index (χ3n) is 5.07. The molecule has 0 N–H and O–H groups in total. The molecule has 3 rings (SSSR count). The highest BCUT2D eigenvalue weighted by molar-refractivity contribution is 5.95. The largest absolute Gasteiger partial charge is 0.338 e. The van der Waals surface area contributed by atoms with Gasteiger partial charge in [0.2, 0.25) is 0 Å². The van der Waals surface area contributed by atoms with E-state index in [2.05, 4.69) is 16.9 Å². The summed E-state index contributed by atoms with van der Waals surface area (Å²) in [6, 6.07) is 6.71. The number of likely N-dealkylation sites (tertiary alicyclic amines) is 1. The number of rotatable bonds is 6. The molecule has 0 aliphatic carbocycles. The minimum absolute atomic E-state index is 0.0560. The second kappa shape index (κ2) is 8.88. The van der Waals surface area contributed by atoms with E-state index in [0.717, 1.165) is 62.9 Å². The number of aromatic nitrogens is 2. The van der Waals surface area contributed by atoms with Crippen LogP contribution in [0, 0.1) is 11.7 Å². The average molecular weight is 355 g/mol. The number of hydrogen-bond donors (Lipinski definition) is 0. The molecule has 2 aromatic rings. The van der Waals surface area contributed by atoms with Crippen molar-refractivity contribution in [2.45, 2.75) is 45.4 Å². The fraction of sp³-hybridized carbons (Fsp3) is 0.476. The summed E-state index contributed by atoms with van der Waals surface area (Å²) in [6.07, 6.45) is 9.02. The molecule has 0 spiro atoms. The zero-order valence-electron chi connectivity index (χ0n) is 15.3. The Hall–Kier alpha value is -2.30. The molecule has 1 amide bonds. The topological polar surface area (TPSA) is 46.1 Å². The fourth-order valence-corrected chi connectivity index (χ4v) is 3.65. The molecule has 1 fully saturated rings. The van der Waals surface area contributed by atoms with Gasteiger partial charge in [-0.3, -0.25) is 4.79 Å². The number of carbonyl (C=O) groups is 1. The molecule has 26 heavy (non-hydrogen) atoms. The molecule has 4 nitrogen and oxygen atoms in total. The number of halogens is 1. The van der Waals surface area contributed by atoms with E-state index < -0.39 is 0 Å². The van der Waals surface area contributed by atoms with Gasteiger partial charge in [-0.1, -0.05) is 25.5 Å². The smallest absolute Gasteiger partial charge is 0.257 e. The maximum atomic E-state index is 13.0. The number of hydrogen-bond acceptors (Lipinski definition) is 3. The summed E-state index contributed by atoms with van der Waals surface area (Å²) in [5.74, 6) is 0.341. The van der Waals surface area contributed by atoms with Crippen molar-refractivity contribution < 1.29 is 9.18 Å². The van der Waals surface area contributed by atoms with E-state index >= 15 is 0 Å². The van der Waals surface area contributed by atoms with Crippen molar-refractivity contribution in [1.29, 1.82) is 0 Å². The second-order valence-electron chi connectivity index (χ2n) is 7.06. The van der Waals surface area contributed by atoms with Gasteiger partial charge in [-0.2, -0.15) is 0 Å². The number of benzene rings is 1. The Kier molecular flexibility index (Phi) is 6.31. The first-order valence-electron chi connectivity index (χ1n) is 9.50. The zero-order chi connectivity index (χ0) is 18.4. The molecule has 1 saturated heterocycles. The van der Waals surface area contributed by atoms with Crippen LogP contribution in [0.5, 0.6) is 0 Å². The van der Waals surface area contributed by atoms with Crippen molar-refractivity contribution in [2.24, 2.45) is 5.92 Å². The minimum atomic E-state index is -0.198. The lowest BCUT2D eigenvalue weighted by Gasteiger charge is -2.33. The number of amides is 1. The van der Waals surface area contributed by atoms with Crippen LogP contribution in [0.3, 0.4) is 0 Å². The maximum Gasteiger partial charge on any atom is 0.257 e. The molecule has 0 saturated carbocycles. The molecule has 1 aromatic carbocycles. The molecular weight excluding hydrogens is 329 g/mol. The summed E-state index contributed by atoms with van der Waals surface area (Å²) in [6.45, 7) is 3.66. The molecule has 0 radical (unpaired) electrons. The van der Waals surface area contributed by atoms with Crippen LogP contribution in [0.15, 0.2) is 36.8 Å². The highest BCUT2D eigenvalue weighted by Crippen LogP contribution is 2.23. The SMILES string of the molecule is CCCc1ncncc1C(=O)N1CCCC(CCc2ccc(F)cc2)C1. The van der Waals surface area contributed by atoms with Crippen LogP contribution in [-0.2, 0) is 12.8 Å². The van der Waals surface area contributed by atoms with Crippen LogP contribution in [0.2, 0.25) is 0 Å². The van der Waals surface area contributed by atoms with Crippen LogP contribution < -0.4 is 0 Å². The lowest BCUT2D eigenvalue weighted by Crippen LogP contribution is -2.40. The van der Waals surface area contributed by atoms with E-state index in [9.17, 15) is 9.18 Å². The summed E-state index contributed by atoms with van der Waals surface area (Å²) in [5, 5.41) is 0. The Labute approximate surface area is 154 Å². The first kappa shape index (κ1) is 18.5. The van der Waals surface area contributed by atoms with Crippen molar-refractivity contribution in [3.63, 3.8) is 0 Å². The van der Waals surface area contributed by atoms with Crippen molar-refractivity contribution in [3.05, 3.63) is 59.4 Å². The van der Waals surface area contributed by atoms with Gasteiger partial charge >= 0.3 is 0 Å². The average Bonchev–Trinajstić information content (AvgIpc) is 2.68. The summed E-state index contributed by atoms with van der Waals surface area (Å²) < 4.78 is 13.0. The number of nitrogens with zero attached hydrogens (tertiary/aromatic N) is 3. The fourth-order valence-electron chi connectivity index (χ4n) is 3.65. The van der Waals surface area contributed by atoms with Gasteiger partial charge in [0.05, 0.1) is 11.3 Å². The lowest BCUT2D eigenvalue weighted by molar-refractivity contribution is 0.0666. The number of aryl methyl sites for hydroxylation is 2. The highest BCUT2D eigenvalue weighted by atomic mass is 19.1. The van der Waals surface area contributed by atoms with Crippen LogP contribution in [0.1, 0.15) is 54.2 Å². The summed E-state index contributed by atoms with van der Waals surface area (Å²) in [4.78, 5) is 23.3. The van der Waals surface area contributed by atoms with Crippen LogP contribution in [0.25, 0.3) is 0 Å². The quantitative estimate of drug-likeness (QED) is 0.785. The first-order chi connectivity index (χ1) is 12.7. The zero-order valence-corrected chi connectivity index (χ0v) is 15.3. The Morgan fingerprint density at radius 1 is 1.27 bits per heavy atom. The maximum absolute atomic E-state index is 13.0. The Morgan fingerprint density at radius 2 is 2.08 bits per heavy atom. The van der Waals surface area contributed by atoms with Gasteiger partial charge in [0.1, 0.15) is 12.1 Å². The first-order valence-corrected chi connectivity index (χ1v) is 9.50. The van der Waals surface area contributed by atoms with E-state index in [0.29, 0.717) is 11.5 Å². The van der Waals surface area contributed by atoms with Crippen molar-refractivity contribution in [1.82, 2.24) is 14.9 Å². The molecule has 1 aromatic heterocycles. The van der Waals surface area contributed by atoms with Gasteiger partial charge in [0.25, 0.3) is 5.91 Å². The van der Waals surface area contributed by atoms with Gasteiger partial charge in [-0.05, 0) is 55.7 Å². The normalized spacial score (nSPS) is 17.3. The second-order valence-corrected chi connectivity index (χ2v) is 7.06. The molecular formula is C21H26FN3O. The van der Waals surface area contributed by atoms with Gasteiger partial charge < -0.3 is 4.90 Å². The molecule has 1 unspecified atom stereocenters. The minimum Gasteiger partial charge on any atom is -0.338 e. The Bertz CT molecular complexity index is 732. The molecule has 1 atom stereocenters. The monoisotopic (exact) mass is 355 g/mol. The molecule has 1 aliphatic rings. The Balaban J connectivity index is 1.61. The van der Waals surface area contributed by atoms with E-state index in [4.69, 9.17) is 0 Å². The van der Waals surface area contributed by atoms with E-state index in [-0.39, 0.29) is 11.7 Å². The Morgan fingerprint density at radius 3 is 2.85 bits per heavy atom. The van der Waals surface area contributed by atoms with Crippen molar-refractivity contribution in [3.8, 4) is 0 Å². The van der Waals surface area contributed by atoms with E-state index in [1.54, 1.807) is 6.20 Å². The lowest BCUT2D eigenvalue weighted by atomic mass is 9.91. The van der Waals surface area contributed by atoms with Gasteiger partial charge in [0, 0.05) is 19.3 Å². The standard InChI is InChI=1S/C21H26FN3O/c1-2-4-20-19(13-23-15-24-20)21(26)25-12-3-5-17(14-25)7-6-16-8-10-18(22)11-9-16/h8-11,13,15,17H,2-7,12,14H2,1H3. The summed E-state index contributed by atoms with van der Waals surface area (Å²) >= 11 is 0. The van der Waals surface area contributed by atoms with Crippen molar-refractivity contribution in [2.75, 3.05) is 13.1 Å². The molecule has 1 aliphatic heterocycles. The van der Waals surface area contributed by atoms with Gasteiger partial charge in [-0.25, -0.2) is 14.4 Å². The van der Waals surface area contributed by atoms with Crippen LogP contribution >= 0.6 is 0 Å². The number of piperidine rings is 1. The van der Waals surface area contributed by atoms with Crippen LogP contribution in [-0.4, -0.2) is 33.9 Å². The molecule has 2 heterocycles. The van der Waals surface area contributed by atoms with Crippen LogP contribution in [0.4, 0.5) is 4.39 Å². The summed E-state index contributed by atoms with van der Waals surface area (Å²) in [5.41, 5.74) is 2.64. The van der Waals surface area contributed by atoms with E-state index in [1.807, 2.05) is 17.0 Å². The molecule has 138 valence electrons. The summed E-state index contributed by atoms with van der Waals surface area (Å²) in [7, 11) is 0. The van der Waals surface area contributed by atoms with E-state index in [1.165, 1.54) is 18.5 Å². The predicted octanol–water partition coefficient (Wildman–Crippen LogP) is 4.05. The third-order valence-corrected chi connectivity index (χ3v) is 5.07.